The molecule has 0 aliphatic rings. The average Bonchev–Trinajstić information content (AvgIpc) is 2.37. The maximum Gasteiger partial charge on any atom is 0.344 e. The first-order valence-electron chi connectivity index (χ1n) is 6.50. The van der Waals surface area contributed by atoms with Gasteiger partial charge in [0.1, 0.15) is 5.75 Å². The monoisotopic (exact) mass is 279 g/mol. The Hall–Kier alpha value is -2.04. The lowest BCUT2D eigenvalue weighted by atomic mass is 9.95. The molecule has 0 radical (unpaired) electrons. The fourth-order valence-corrected chi connectivity index (χ4v) is 2.33. The molecule has 0 unspecified atom stereocenters. The number of esters is 1. The molecule has 0 heterocycles. The minimum Gasteiger partial charge on any atom is -0.481 e. The van der Waals surface area contributed by atoms with Crippen molar-refractivity contribution in [1.82, 2.24) is 0 Å². The van der Waals surface area contributed by atoms with Crippen molar-refractivity contribution in [2.24, 2.45) is 5.16 Å². The summed E-state index contributed by atoms with van der Waals surface area (Å²) in [6.45, 7) is 9.40. The predicted molar refractivity (Wildman–Crippen MR) is 76.8 cm³/mol. The molecule has 1 aromatic rings. The third-order valence-electron chi connectivity index (χ3n) is 3.05. The normalized spacial score (nSPS) is 11.3. The predicted octanol–water partition coefficient (Wildman–Crippen LogP) is 2.75. The molecule has 0 bridgehead atoms. The van der Waals surface area contributed by atoms with Gasteiger partial charge in [-0.15, -0.1) is 0 Å². The number of ether oxygens (including phenoxy) is 2. The van der Waals surface area contributed by atoms with Gasteiger partial charge < -0.3 is 14.7 Å². The van der Waals surface area contributed by atoms with Crippen molar-refractivity contribution in [1.29, 1.82) is 0 Å². The molecule has 0 fully saturated rings. The van der Waals surface area contributed by atoms with E-state index in [0.717, 1.165) is 22.3 Å². The molecular formula is C15H21NO4. The minimum absolute atomic E-state index is 0.132. The first kappa shape index (κ1) is 16.0. The molecule has 0 aliphatic carbocycles. The Morgan fingerprint density at radius 1 is 1.30 bits per heavy atom. The van der Waals surface area contributed by atoms with Crippen molar-refractivity contribution in [3.8, 4) is 5.75 Å². The number of carbonyl (C=O) groups excluding carboxylic acids is 1. The summed E-state index contributed by atoms with van der Waals surface area (Å²) in [4.78, 5) is 11.4. The zero-order valence-electron chi connectivity index (χ0n) is 12.6. The lowest BCUT2D eigenvalue weighted by Gasteiger charge is -2.17. The summed E-state index contributed by atoms with van der Waals surface area (Å²) in [6, 6.07) is 1.94. The van der Waals surface area contributed by atoms with E-state index in [2.05, 4.69) is 5.16 Å². The van der Waals surface area contributed by atoms with E-state index in [1.54, 1.807) is 13.8 Å². The van der Waals surface area contributed by atoms with Crippen LogP contribution in [0.2, 0.25) is 0 Å². The number of nitrogens with zero attached hydrogens (tertiary/aromatic N) is 1. The lowest BCUT2D eigenvalue weighted by molar-refractivity contribution is -0.145. The molecule has 0 atom stereocenters. The van der Waals surface area contributed by atoms with E-state index in [1.165, 1.54) is 0 Å². The maximum absolute atomic E-state index is 11.4. The third-order valence-corrected chi connectivity index (χ3v) is 3.05. The van der Waals surface area contributed by atoms with Crippen LogP contribution in [0.25, 0.3) is 0 Å². The number of oxime groups is 1. The van der Waals surface area contributed by atoms with Crippen LogP contribution in [0.15, 0.2) is 11.2 Å². The Morgan fingerprint density at radius 2 is 1.95 bits per heavy atom. The summed E-state index contributed by atoms with van der Waals surface area (Å²) < 4.78 is 10.4. The molecule has 0 saturated carbocycles. The SMILES string of the molecule is CCOC(=O)COc1c(C)cc(C)c(/C(C)=N\O)c1C. The molecule has 20 heavy (non-hydrogen) atoms. The molecule has 0 spiro atoms. The van der Waals surface area contributed by atoms with Crippen molar-refractivity contribution in [2.75, 3.05) is 13.2 Å². The van der Waals surface area contributed by atoms with Crippen LogP contribution in [-0.2, 0) is 9.53 Å². The molecule has 5 nitrogen and oxygen atoms in total. The largest absolute Gasteiger partial charge is 0.481 e. The van der Waals surface area contributed by atoms with Gasteiger partial charge in [0.05, 0.1) is 12.3 Å². The molecular weight excluding hydrogens is 258 g/mol. The van der Waals surface area contributed by atoms with Crippen LogP contribution < -0.4 is 4.74 Å². The van der Waals surface area contributed by atoms with Crippen LogP contribution in [0.4, 0.5) is 0 Å². The summed E-state index contributed by atoms with van der Waals surface area (Å²) in [6.07, 6.45) is 0. The topological polar surface area (TPSA) is 68.1 Å². The van der Waals surface area contributed by atoms with Gasteiger partial charge in [-0.3, -0.25) is 0 Å². The Balaban J connectivity index is 3.11. The molecule has 0 amide bonds. The summed E-state index contributed by atoms with van der Waals surface area (Å²) in [7, 11) is 0. The molecule has 110 valence electrons. The zero-order valence-corrected chi connectivity index (χ0v) is 12.6. The second kappa shape index (κ2) is 6.93. The highest BCUT2D eigenvalue weighted by molar-refractivity contribution is 6.01. The Bertz CT molecular complexity index is 535. The van der Waals surface area contributed by atoms with E-state index >= 15 is 0 Å². The van der Waals surface area contributed by atoms with Crippen molar-refractivity contribution in [3.05, 3.63) is 28.3 Å². The maximum atomic E-state index is 11.4. The Morgan fingerprint density at radius 3 is 2.50 bits per heavy atom. The van der Waals surface area contributed by atoms with E-state index in [1.807, 2.05) is 26.8 Å². The number of carbonyl (C=O) groups is 1. The molecule has 1 aromatic carbocycles. The lowest BCUT2D eigenvalue weighted by Crippen LogP contribution is -2.16. The highest BCUT2D eigenvalue weighted by Crippen LogP contribution is 2.29. The van der Waals surface area contributed by atoms with Crippen LogP contribution >= 0.6 is 0 Å². The van der Waals surface area contributed by atoms with Gasteiger partial charge in [-0.25, -0.2) is 4.79 Å². The molecule has 1 rings (SSSR count). The van der Waals surface area contributed by atoms with Crippen molar-refractivity contribution >= 4 is 11.7 Å². The standard InChI is InChI=1S/C15H21NO4/c1-6-19-13(17)8-20-15-10(3)7-9(2)14(11(15)4)12(5)16-18/h7,18H,6,8H2,1-5H3/b16-12-. The molecule has 0 saturated heterocycles. The van der Waals surface area contributed by atoms with Crippen molar-refractivity contribution in [2.45, 2.75) is 34.6 Å². The van der Waals surface area contributed by atoms with Crippen molar-refractivity contribution < 1.29 is 19.5 Å². The summed E-state index contributed by atoms with van der Waals surface area (Å²) >= 11 is 0. The smallest absolute Gasteiger partial charge is 0.344 e. The van der Waals surface area contributed by atoms with Gasteiger partial charge >= 0.3 is 5.97 Å². The van der Waals surface area contributed by atoms with E-state index in [-0.39, 0.29) is 6.61 Å². The first-order valence-corrected chi connectivity index (χ1v) is 6.50. The van der Waals surface area contributed by atoms with Crippen LogP contribution in [0.3, 0.4) is 0 Å². The fourth-order valence-electron chi connectivity index (χ4n) is 2.33. The second-order valence-electron chi connectivity index (χ2n) is 4.62. The van der Waals surface area contributed by atoms with Crippen LogP contribution in [0, 0.1) is 20.8 Å². The molecule has 1 N–H and O–H groups in total. The van der Waals surface area contributed by atoms with Gasteiger partial charge in [0.25, 0.3) is 0 Å². The second-order valence-corrected chi connectivity index (χ2v) is 4.62. The number of hydrogen-bond acceptors (Lipinski definition) is 5. The first-order chi connectivity index (χ1) is 9.42. The summed E-state index contributed by atoms with van der Waals surface area (Å²) in [5.74, 6) is 0.225. The highest BCUT2D eigenvalue weighted by Gasteiger charge is 2.15. The van der Waals surface area contributed by atoms with Gasteiger partial charge in [-0.2, -0.15) is 0 Å². The van der Waals surface area contributed by atoms with E-state index in [9.17, 15) is 4.79 Å². The number of hydrogen-bond donors (Lipinski definition) is 1. The van der Waals surface area contributed by atoms with Crippen LogP contribution in [0.1, 0.15) is 36.1 Å². The quantitative estimate of drug-likeness (QED) is 0.389. The summed E-state index contributed by atoms with van der Waals surface area (Å²) in [5, 5.41) is 12.2. The zero-order chi connectivity index (χ0) is 15.3. The highest BCUT2D eigenvalue weighted by atomic mass is 16.6. The summed E-state index contributed by atoms with van der Waals surface area (Å²) in [5.41, 5.74) is 4.12. The Labute approximate surface area is 119 Å². The Kier molecular flexibility index (Phi) is 5.55. The number of aryl methyl sites for hydroxylation is 2. The third kappa shape index (κ3) is 3.50. The van der Waals surface area contributed by atoms with Gasteiger partial charge in [0.15, 0.2) is 6.61 Å². The molecule has 5 heteroatoms. The average molecular weight is 279 g/mol. The van der Waals surface area contributed by atoms with Crippen molar-refractivity contribution in [3.63, 3.8) is 0 Å². The number of rotatable bonds is 5. The fraction of sp³-hybridized carbons (Fsp3) is 0.467. The van der Waals surface area contributed by atoms with Gasteiger partial charge in [0, 0.05) is 11.1 Å². The molecule has 0 aromatic heterocycles. The van der Waals surface area contributed by atoms with Gasteiger partial charge in [0.2, 0.25) is 0 Å². The minimum atomic E-state index is -0.402. The number of benzene rings is 1. The van der Waals surface area contributed by atoms with E-state index in [0.29, 0.717) is 18.1 Å². The van der Waals surface area contributed by atoms with E-state index in [4.69, 9.17) is 14.7 Å². The van der Waals surface area contributed by atoms with Crippen LogP contribution in [-0.4, -0.2) is 30.1 Å². The van der Waals surface area contributed by atoms with Crippen LogP contribution in [0.5, 0.6) is 5.75 Å². The van der Waals surface area contributed by atoms with Gasteiger partial charge in [-0.1, -0.05) is 11.2 Å². The molecule has 0 aliphatic heterocycles. The van der Waals surface area contributed by atoms with Gasteiger partial charge in [-0.05, 0) is 45.7 Å². The van der Waals surface area contributed by atoms with E-state index < -0.39 is 5.97 Å².